The zero-order valence-electron chi connectivity index (χ0n) is 12.6. The molecule has 1 aliphatic rings. The quantitative estimate of drug-likeness (QED) is 0.847. The van der Waals surface area contributed by atoms with Gasteiger partial charge in [-0.15, -0.1) is 11.3 Å². The summed E-state index contributed by atoms with van der Waals surface area (Å²) < 4.78 is 5.36. The second-order valence-corrected chi connectivity index (χ2v) is 6.63. The highest BCUT2D eigenvalue weighted by Gasteiger charge is 2.40. The molecule has 0 aliphatic heterocycles. The Labute approximate surface area is 124 Å². The molecule has 1 aromatic heterocycles. The molecule has 0 bridgehead atoms. The minimum absolute atomic E-state index is 0.0875. The molecule has 1 aliphatic carbocycles. The first-order valence-corrected chi connectivity index (χ1v) is 7.67. The number of ether oxygens (including phenoxy) is 1. The molecule has 0 spiro atoms. The Morgan fingerprint density at radius 1 is 1.50 bits per heavy atom. The van der Waals surface area contributed by atoms with Gasteiger partial charge in [0.25, 0.3) is 5.91 Å². The summed E-state index contributed by atoms with van der Waals surface area (Å²) in [4.78, 5) is 14.2. The van der Waals surface area contributed by atoms with Crippen molar-refractivity contribution in [3.63, 3.8) is 0 Å². The number of carbonyl (C=O) groups is 1. The molecule has 20 heavy (non-hydrogen) atoms. The average Bonchev–Trinajstić information content (AvgIpc) is 3.14. The number of rotatable bonds is 6. The molecule has 3 N–H and O–H groups in total. The normalized spacial score (nSPS) is 15.8. The lowest BCUT2D eigenvalue weighted by atomic mass is 10.0. The fourth-order valence-corrected chi connectivity index (χ4v) is 3.32. The van der Waals surface area contributed by atoms with Crippen LogP contribution in [0.3, 0.4) is 0 Å². The van der Waals surface area contributed by atoms with Crippen molar-refractivity contribution < 1.29 is 9.53 Å². The van der Waals surface area contributed by atoms with E-state index in [-0.39, 0.29) is 5.91 Å². The monoisotopic (exact) mass is 297 g/mol. The standard InChI is InChI=1S/C14H23N3O2S/c1-5-14(6-7-14)8-16-12-10(19-4)9(15)11(20-12)13(18)17(2)3/h16H,5-8,15H2,1-4H3. The van der Waals surface area contributed by atoms with Crippen molar-refractivity contribution >= 4 is 27.9 Å². The van der Waals surface area contributed by atoms with Crippen molar-refractivity contribution in [2.75, 3.05) is 38.8 Å². The number of hydrogen-bond donors (Lipinski definition) is 2. The SMILES string of the molecule is CCC1(CNc2sc(C(=O)N(C)C)c(N)c2OC)CC1. The van der Waals surface area contributed by atoms with Gasteiger partial charge in [0.15, 0.2) is 5.75 Å². The number of hydrogen-bond acceptors (Lipinski definition) is 5. The largest absolute Gasteiger partial charge is 0.492 e. The Morgan fingerprint density at radius 2 is 2.15 bits per heavy atom. The highest BCUT2D eigenvalue weighted by atomic mass is 32.1. The van der Waals surface area contributed by atoms with E-state index in [0.29, 0.717) is 21.7 Å². The highest BCUT2D eigenvalue weighted by molar-refractivity contribution is 7.19. The summed E-state index contributed by atoms with van der Waals surface area (Å²) in [6.45, 7) is 3.13. The number of nitrogens with one attached hydrogen (secondary N) is 1. The van der Waals surface area contributed by atoms with E-state index < -0.39 is 0 Å². The van der Waals surface area contributed by atoms with E-state index in [9.17, 15) is 4.79 Å². The Bertz CT molecular complexity index is 507. The van der Waals surface area contributed by atoms with Crippen LogP contribution in [-0.4, -0.2) is 38.6 Å². The third kappa shape index (κ3) is 2.70. The number of nitrogens with two attached hydrogens (primary N) is 1. The minimum Gasteiger partial charge on any atom is -0.492 e. The molecule has 0 unspecified atom stereocenters. The number of nitrogens with zero attached hydrogens (tertiary/aromatic N) is 1. The molecule has 0 saturated heterocycles. The van der Waals surface area contributed by atoms with Crippen LogP contribution in [0.25, 0.3) is 0 Å². The van der Waals surface area contributed by atoms with Crippen LogP contribution >= 0.6 is 11.3 Å². The van der Waals surface area contributed by atoms with Gasteiger partial charge in [0.2, 0.25) is 0 Å². The summed E-state index contributed by atoms with van der Waals surface area (Å²) in [5.41, 5.74) is 6.90. The Balaban J connectivity index is 2.20. The number of methoxy groups -OCH3 is 1. The molecule has 1 fully saturated rings. The molecular formula is C14H23N3O2S. The van der Waals surface area contributed by atoms with Gasteiger partial charge in [-0.2, -0.15) is 0 Å². The van der Waals surface area contributed by atoms with E-state index in [0.717, 1.165) is 11.5 Å². The summed E-state index contributed by atoms with van der Waals surface area (Å²) in [6, 6.07) is 0. The van der Waals surface area contributed by atoms with Crippen LogP contribution in [-0.2, 0) is 0 Å². The average molecular weight is 297 g/mol. The van der Waals surface area contributed by atoms with Gasteiger partial charge in [0.05, 0.1) is 7.11 Å². The van der Waals surface area contributed by atoms with Gasteiger partial charge in [-0.25, -0.2) is 0 Å². The number of anilines is 2. The van der Waals surface area contributed by atoms with Gasteiger partial charge in [-0.1, -0.05) is 6.92 Å². The predicted molar refractivity (Wildman–Crippen MR) is 83.7 cm³/mol. The maximum Gasteiger partial charge on any atom is 0.265 e. The summed E-state index contributed by atoms with van der Waals surface area (Å²) in [7, 11) is 5.02. The number of thiophene rings is 1. The van der Waals surface area contributed by atoms with Gasteiger partial charge in [0.1, 0.15) is 15.6 Å². The molecular weight excluding hydrogens is 274 g/mol. The summed E-state index contributed by atoms with van der Waals surface area (Å²) >= 11 is 1.37. The fourth-order valence-electron chi connectivity index (χ4n) is 2.21. The minimum atomic E-state index is -0.0875. The first-order chi connectivity index (χ1) is 9.44. The van der Waals surface area contributed by atoms with Crippen molar-refractivity contribution in [1.29, 1.82) is 0 Å². The Kier molecular flexibility index (Phi) is 4.13. The Morgan fingerprint density at radius 3 is 2.60 bits per heavy atom. The zero-order chi connectivity index (χ0) is 14.9. The molecule has 0 radical (unpaired) electrons. The topological polar surface area (TPSA) is 67.6 Å². The van der Waals surface area contributed by atoms with Crippen LogP contribution in [0.1, 0.15) is 35.9 Å². The molecule has 112 valence electrons. The van der Waals surface area contributed by atoms with Crippen LogP contribution in [0.5, 0.6) is 5.75 Å². The molecule has 5 nitrogen and oxygen atoms in total. The first-order valence-electron chi connectivity index (χ1n) is 6.86. The maximum atomic E-state index is 12.1. The van der Waals surface area contributed by atoms with Crippen LogP contribution < -0.4 is 15.8 Å². The van der Waals surface area contributed by atoms with Crippen LogP contribution in [0, 0.1) is 5.41 Å². The third-order valence-corrected chi connectivity index (χ3v) is 5.17. The second-order valence-electron chi connectivity index (χ2n) is 5.61. The predicted octanol–water partition coefficient (Wildman–Crippen LogP) is 2.64. The molecule has 0 atom stereocenters. The zero-order valence-corrected chi connectivity index (χ0v) is 13.4. The van der Waals surface area contributed by atoms with Crippen molar-refractivity contribution in [3.05, 3.63) is 4.88 Å². The number of amides is 1. The lowest BCUT2D eigenvalue weighted by molar-refractivity contribution is 0.0833. The van der Waals surface area contributed by atoms with Crippen LogP contribution in [0.4, 0.5) is 10.7 Å². The van der Waals surface area contributed by atoms with E-state index in [1.165, 1.54) is 35.5 Å². The summed E-state index contributed by atoms with van der Waals surface area (Å²) in [5.74, 6) is 0.502. The smallest absolute Gasteiger partial charge is 0.265 e. The summed E-state index contributed by atoms with van der Waals surface area (Å²) in [5, 5.41) is 4.27. The molecule has 6 heteroatoms. The first kappa shape index (κ1) is 15.0. The molecule has 1 heterocycles. The van der Waals surface area contributed by atoms with Crippen molar-refractivity contribution in [2.24, 2.45) is 5.41 Å². The van der Waals surface area contributed by atoms with E-state index in [1.807, 2.05) is 0 Å². The molecule has 1 aromatic rings. The molecule has 1 amide bonds. The van der Waals surface area contributed by atoms with Gasteiger partial charge < -0.3 is 20.7 Å². The number of nitrogen functional groups attached to an aromatic ring is 1. The highest BCUT2D eigenvalue weighted by Crippen LogP contribution is 2.50. The van der Waals surface area contributed by atoms with Gasteiger partial charge in [0, 0.05) is 20.6 Å². The summed E-state index contributed by atoms with van der Waals surface area (Å²) in [6.07, 6.45) is 3.71. The molecule has 2 rings (SSSR count). The van der Waals surface area contributed by atoms with Crippen molar-refractivity contribution in [3.8, 4) is 5.75 Å². The van der Waals surface area contributed by atoms with Crippen LogP contribution in [0.15, 0.2) is 0 Å². The molecule has 1 saturated carbocycles. The van der Waals surface area contributed by atoms with Gasteiger partial charge in [-0.3, -0.25) is 4.79 Å². The second kappa shape index (κ2) is 5.52. The van der Waals surface area contributed by atoms with Crippen molar-refractivity contribution in [1.82, 2.24) is 4.90 Å². The lowest BCUT2D eigenvalue weighted by Gasteiger charge is -2.14. The van der Waals surface area contributed by atoms with E-state index in [4.69, 9.17) is 10.5 Å². The number of carbonyl (C=O) groups excluding carboxylic acids is 1. The third-order valence-electron chi connectivity index (χ3n) is 4.04. The fraction of sp³-hybridized carbons (Fsp3) is 0.643. The van der Waals surface area contributed by atoms with E-state index >= 15 is 0 Å². The molecule has 0 aromatic carbocycles. The van der Waals surface area contributed by atoms with Crippen molar-refractivity contribution in [2.45, 2.75) is 26.2 Å². The lowest BCUT2D eigenvalue weighted by Crippen LogP contribution is -2.21. The Hall–Kier alpha value is -1.43. The maximum absolute atomic E-state index is 12.1. The van der Waals surface area contributed by atoms with Crippen LogP contribution in [0.2, 0.25) is 0 Å². The van der Waals surface area contributed by atoms with Gasteiger partial charge in [-0.05, 0) is 24.7 Å². The van der Waals surface area contributed by atoms with E-state index in [1.54, 1.807) is 21.2 Å². The van der Waals surface area contributed by atoms with E-state index in [2.05, 4.69) is 12.2 Å². The van der Waals surface area contributed by atoms with Gasteiger partial charge >= 0.3 is 0 Å².